The number of carboxylic acids is 1. The van der Waals surface area contributed by atoms with Gasteiger partial charge < -0.3 is 10.1 Å². The summed E-state index contributed by atoms with van der Waals surface area (Å²) in [5.41, 5.74) is 2.27. The van der Waals surface area contributed by atoms with Gasteiger partial charge in [0.2, 0.25) is 0 Å². The molecule has 1 aromatic carbocycles. The number of H-pyrrole nitrogens is 1. The van der Waals surface area contributed by atoms with Gasteiger partial charge in [-0.2, -0.15) is 0 Å². The van der Waals surface area contributed by atoms with Crippen LogP contribution in [0.25, 0.3) is 10.9 Å². The lowest BCUT2D eigenvalue weighted by atomic mass is 9.89. The van der Waals surface area contributed by atoms with Gasteiger partial charge in [0.15, 0.2) is 0 Å². The maximum atomic E-state index is 11.3. The topological polar surface area (TPSA) is 56.3 Å². The van der Waals surface area contributed by atoms with E-state index >= 15 is 0 Å². The van der Waals surface area contributed by atoms with Crippen molar-refractivity contribution in [3.05, 3.63) is 35.0 Å². The number of aromatic amines is 1. The van der Waals surface area contributed by atoms with E-state index in [-0.39, 0.29) is 12.0 Å². The summed E-state index contributed by atoms with van der Waals surface area (Å²) in [5, 5.41) is 11.2. The fourth-order valence-electron chi connectivity index (χ4n) is 4.10. The summed E-state index contributed by atoms with van der Waals surface area (Å²) in [5.74, 6) is -0.832. The number of rotatable bonds is 3. The molecule has 5 heteroatoms. The zero-order valence-corrected chi connectivity index (χ0v) is 12.3. The van der Waals surface area contributed by atoms with Crippen LogP contribution in [-0.4, -0.2) is 33.0 Å². The van der Waals surface area contributed by atoms with Crippen LogP contribution in [-0.2, 0) is 11.3 Å². The Morgan fingerprint density at radius 1 is 1.43 bits per heavy atom. The number of nitrogens with zero attached hydrogens (tertiary/aromatic N) is 1. The van der Waals surface area contributed by atoms with Crippen molar-refractivity contribution in [2.45, 2.75) is 37.9 Å². The predicted molar refractivity (Wildman–Crippen MR) is 81.4 cm³/mol. The van der Waals surface area contributed by atoms with Crippen LogP contribution >= 0.6 is 11.6 Å². The van der Waals surface area contributed by atoms with Gasteiger partial charge in [0.25, 0.3) is 0 Å². The van der Waals surface area contributed by atoms with E-state index in [1.165, 1.54) is 10.9 Å². The fourth-order valence-corrected chi connectivity index (χ4v) is 4.27. The molecule has 3 unspecified atom stereocenters. The number of aliphatic carboxylic acids is 1. The van der Waals surface area contributed by atoms with E-state index in [4.69, 9.17) is 11.6 Å². The highest BCUT2D eigenvalue weighted by atomic mass is 35.5. The minimum Gasteiger partial charge on any atom is -0.481 e. The Balaban J connectivity index is 1.62. The molecule has 4 nitrogen and oxygen atoms in total. The summed E-state index contributed by atoms with van der Waals surface area (Å²) in [6.45, 7) is 0.820. The van der Waals surface area contributed by atoms with Crippen LogP contribution in [0.15, 0.2) is 24.4 Å². The first-order valence-corrected chi connectivity index (χ1v) is 7.75. The molecule has 2 aliphatic heterocycles. The second-order valence-corrected chi connectivity index (χ2v) is 6.59. The number of fused-ring (bicyclic) bond motifs is 3. The maximum absolute atomic E-state index is 11.3. The molecule has 2 aromatic rings. The molecule has 3 atom stereocenters. The van der Waals surface area contributed by atoms with Gasteiger partial charge in [-0.1, -0.05) is 17.7 Å². The highest BCUT2D eigenvalue weighted by Gasteiger charge is 2.49. The molecule has 0 aliphatic carbocycles. The SMILES string of the molecule is O=C(O)C1CC2CCC1N2Cc1c[nH]c2cc(Cl)ccc12. The fraction of sp³-hybridized carbons (Fsp3) is 0.438. The van der Waals surface area contributed by atoms with Gasteiger partial charge in [-0.15, -0.1) is 0 Å². The first-order valence-electron chi connectivity index (χ1n) is 7.37. The van der Waals surface area contributed by atoms with Crippen molar-refractivity contribution in [2.75, 3.05) is 0 Å². The van der Waals surface area contributed by atoms with Gasteiger partial charge in [-0.3, -0.25) is 9.69 Å². The van der Waals surface area contributed by atoms with Gasteiger partial charge in [-0.05, 0) is 37.0 Å². The van der Waals surface area contributed by atoms with Gasteiger partial charge in [0, 0.05) is 40.8 Å². The third kappa shape index (κ3) is 2.05. The largest absolute Gasteiger partial charge is 0.481 e. The van der Waals surface area contributed by atoms with Crippen molar-refractivity contribution in [3.8, 4) is 0 Å². The van der Waals surface area contributed by atoms with E-state index in [2.05, 4.69) is 9.88 Å². The predicted octanol–water partition coefficient (Wildman–Crippen LogP) is 3.26. The molecule has 2 aliphatic rings. The van der Waals surface area contributed by atoms with E-state index in [0.717, 1.165) is 36.3 Å². The van der Waals surface area contributed by atoms with E-state index in [1.807, 2.05) is 24.4 Å². The lowest BCUT2D eigenvalue weighted by molar-refractivity contribution is -0.142. The quantitative estimate of drug-likeness (QED) is 0.915. The number of benzene rings is 1. The Morgan fingerprint density at radius 3 is 3.05 bits per heavy atom. The van der Waals surface area contributed by atoms with Crippen molar-refractivity contribution in [1.29, 1.82) is 0 Å². The number of hydrogen-bond donors (Lipinski definition) is 2. The van der Waals surface area contributed by atoms with Gasteiger partial charge in [0.1, 0.15) is 0 Å². The lowest BCUT2D eigenvalue weighted by Gasteiger charge is -2.22. The van der Waals surface area contributed by atoms with Gasteiger partial charge in [-0.25, -0.2) is 0 Å². The molecule has 3 heterocycles. The highest BCUT2D eigenvalue weighted by molar-refractivity contribution is 6.31. The Labute approximate surface area is 127 Å². The van der Waals surface area contributed by atoms with E-state index < -0.39 is 5.97 Å². The van der Waals surface area contributed by atoms with Crippen molar-refractivity contribution in [1.82, 2.24) is 9.88 Å². The molecule has 4 rings (SSSR count). The second-order valence-electron chi connectivity index (χ2n) is 6.16. The Bertz CT molecular complexity index is 711. The van der Waals surface area contributed by atoms with Gasteiger partial charge in [0.05, 0.1) is 5.92 Å². The number of carboxylic acid groups (broad SMARTS) is 1. The molecule has 1 aromatic heterocycles. The normalized spacial score (nSPS) is 28.5. The minimum atomic E-state index is -0.641. The van der Waals surface area contributed by atoms with E-state index in [9.17, 15) is 9.90 Å². The van der Waals surface area contributed by atoms with Crippen LogP contribution in [0.4, 0.5) is 0 Å². The number of hydrogen-bond acceptors (Lipinski definition) is 2. The summed E-state index contributed by atoms with van der Waals surface area (Å²) in [7, 11) is 0. The van der Waals surface area contributed by atoms with Crippen molar-refractivity contribution in [3.63, 3.8) is 0 Å². The number of halogens is 1. The smallest absolute Gasteiger partial charge is 0.308 e. The van der Waals surface area contributed by atoms with Crippen LogP contribution in [0, 0.1) is 5.92 Å². The molecule has 2 saturated heterocycles. The Kier molecular flexibility index (Phi) is 2.98. The molecule has 2 bridgehead atoms. The number of carbonyl (C=O) groups is 1. The summed E-state index contributed by atoms with van der Waals surface area (Å²) in [6, 6.07) is 6.49. The third-order valence-corrected chi connectivity index (χ3v) is 5.32. The van der Waals surface area contributed by atoms with E-state index in [1.54, 1.807) is 0 Å². The zero-order chi connectivity index (χ0) is 14.6. The minimum absolute atomic E-state index is 0.191. The molecular formula is C16H17ClN2O2. The molecule has 0 amide bonds. The van der Waals surface area contributed by atoms with Gasteiger partial charge >= 0.3 is 5.97 Å². The molecule has 2 N–H and O–H groups in total. The third-order valence-electron chi connectivity index (χ3n) is 5.08. The maximum Gasteiger partial charge on any atom is 0.308 e. The molecule has 110 valence electrons. The number of nitrogens with one attached hydrogen (secondary N) is 1. The van der Waals surface area contributed by atoms with E-state index in [0.29, 0.717) is 6.04 Å². The van der Waals surface area contributed by atoms with Crippen LogP contribution in [0.3, 0.4) is 0 Å². The summed E-state index contributed by atoms with van der Waals surface area (Å²) in [4.78, 5) is 17.0. The standard InChI is InChI=1S/C16H17ClN2O2/c17-10-1-3-12-9(7-18-14(12)5-10)8-19-11-2-4-15(19)13(6-11)16(20)21/h1,3,5,7,11,13,15,18H,2,4,6,8H2,(H,20,21). The van der Waals surface area contributed by atoms with Crippen LogP contribution in [0.5, 0.6) is 0 Å². The molecule has 2 fully saturated rings. The molecule has 0 radical (unpaired) electrons. The van der Waals surface area contributed by atoms with Crippen molar-refractivity contribution in [2.24, 2.45) is 5.92 Å². The lowest BCUT2D eigenvalue weighted by Crippen LogP contribution is -2.32. The highest BCUT2D eigenvalue weighted by Crippen LogP contribution is 2.43. The van der Waals surface area contributed by atoms with Crippen LogP contribution < -0.4 is 0 Å². The Morgan fingerprint density at radius 2 is 2.29 bits per heavy atom. The van der Waals surface area contributed by atoms with Crippen molar-refractivity contribution < 1.29 is 9.90 Å². The Hall–Kier alpha value is -1.52. The summed E-state index contributed by atoms with van der Waals surface area (Å²) < 4.78 is 0. The number of aromatic nitrogens is 1. The van der Waals surface area contributed by atoms with Crippen LogP contribution in [0.1, 0.15) is 24.8 Å². The van der Waals surface area contributed by atoms with Crippen molar-refractivity contribution >= 4 is 28.5 Å². The zero-order valence-electron chi connectivity index (χ0n) is 11.6. The molecule has 21 heavy (non-hydrogen) atoms. The molecule has 0 spiro atoms. The first-order chi connectivity index (χ1) is 10.1. The monoisotopic (exact) mass is 304 g/mol. The summed E-state index contributed by atoms with van der Waals surface area (Å²) in [6.07, 6.45) is 4.96. The average molecular weight is 305 g/mol. The molecule has 0 saturated carbocycles. The second kappa shape index (κ2) is 4.75. The molecular weight excluding hydrogens is 288 g/mol. The average Bonchev–Trinajstić information content (AvgIpc) is 3.13. The first kappa shape index (κ1) is 13.2. The van der Waals surface area contributed by atoms with Crippen LogP contribution in [0.2, 0.25) is 5.02 Å². The summed E-state index contributed by atoms with van der Waals surface area (Å²) >= 11 is 6.01.